The molecule has 1 aromatic rings. The number of thiophene rings is 1. The Morgan fingerprint density at radius 2 is 2.35 bits per heavy atom. The SMILES string of the molecule is CN(CC1CC1)C(=O)c1ccc(C#CCN)s1. The fourth-order valence-electron chi connectivity index (χ4n) is 1.62. The lowest BCUT2D eigenvalue weighted by molar-refractivity contribution is 0.0793. The molecule has 4 heteroatoms. The first-order valence-corrected chi connectivity index (χ1v) is 6.56. The van der Waals surface area contributed by atoms with Gasteiger partial charge in [0.2, 0.25) is 0 Å². The fourth-order valence-corrected chi connectivity index (χ4v) is 2.49. The second kappa shape index (κ2) is 5.35. The van der Waals surface area contributed by atoms with Crippen molar-refractivity contribution in [3.05, 3.63) is 21.9 Å². The van der Waals surface area contributed by atoms with Crippen LogP contribution in [0.3, 0.4) is 0 Å². The molecule has 0 aliphatic heterocycles. The molecule has 1 heterocycles. The van der Waals surface area contributed by atoms with Gasteiger partial charge in [-0.05, 0) is 30.9 Å². The second-order valence-electron chi connectivity index (χ2n) is 4.30. The molecule has 1 aliphatic rings. The Bertz CT molecular complexity index is 465. The zero-order chi connectivity index (χ0) is 12.3. The number of nitrogens with zero attached hydrogens (tertiary/aromatic N) is 1. The molecule has 1 amide bonds. The Labute approximate surface area is 106 Å². The molecule has 90 valence electrons. The van der Waals surface area contributed by atoms with Gasteiger partial charge in [0.25, 0.3) is 5.91 Å². The lowest BCUT2D eigenvalue weighted by Gasteiger charge is -2.15. The van der Waals surface area contributed by atoms with Gasteiger partial charge >= 0.3 is 0 Å². The van der Waals surface area contributed by atoms with E-state index in [0.29, 0.717) is 6.54 Å². The molecule has 1 fully saturated rings. The van der Waals surface area contributed by atoms with Crippen LogP contribution >= 0.6 is 11.3 Å². The summed E-state index contributed by atoms with van der Waals surface area (Å²) in [5, 5.41) is 0. The number of hydrogen-bond acceptors (Lipinski definition) is 3. The van der Waals surface area contributed by atoms with E-state index in [0.717, 1.165) is 22.2 Å². The van der Waals surface area contributed by atoms with Crippen molar-refractivity contribution in [2.45, 2.75) is 12.8 Å². The summed E-state index contributed by atoms with van der Waals surface area (Å²) in [7, 11) is 1.87. The van der Waals surface area contributed by atoms with Gasteiger partial charge in [-0.15, -0.1) is 11.3 Å². The van der Waals surface area contributed by atoms with Crippen LogP contribution in [0.4, 0.5) is 0 Å². The topological polar surface area (TPSA) is 46.3 Å². The summed E-state index contributed by atoms with van der Waals surface area (Å²) in [6.45, 7) is 1.23. The predicted octanol–water partition coefficient (Wildman–Crippen LogP) is 1.54. The van der Waals surface area contributed by atoms with Crippen LogP contribution in [0.15, 0.2) is 12.1 Å². The molecule has 2 N–H and O–H groups in total. The van der Waals surface area contributed by atoms with E-state index in [1.54, 1.807) is 0 Å². The molecular weight excluding hydrogens is 232 g/mol. The van der Waals surface area contributed by atoms with Crippen molar-refractivity contribution in [2.75, 3.05) is 20.1 Å². The number of rotatable bonds is 3. The normalized spacial score (nSPS) is 14.0. The number of amides is 1. The van der Waals surface area contributed by atoms with Crippen LogP contribution in [0.5, 0.6) is 0 Å². The minimum Gasteiger partial charge on any atom is -0.341 e. The highest BCUT2D eigenvalue weighted by atomic mass is 32.1. The quantitative estimate of drug-likeness (QED) is 0.825. The summed E-state index contributed by atoms with van der Waals surface area (Å²) >= 11 is 1.44. The maximum atomic E-state index is 12.1. The van der Waals surface area contributed by atoms with Crippen LogP contribution in [0.2, 0.25) is 0 Å². The third kappa shape index (κ3) is 3.32. The van der Waals surface area contributed by atoms with E-state index in [9.17, 15) is 4.79 Å². The molecule has 3 nitrogen and oxygen atoms in total. The predicted molar refractivity (Wildman–Crippen MR) is 69.9 cm³/mol. The highest BCUT2D eigenvalue weighted by Gasteiger charge is 2.25. The monoisotopic (exact) mass is 248 g/mol. The van der Waals surface area contributed by atoms with Crippen LogP contribution < -0.4 is 5.73 Å². The van der Waals surface area contributed by atoms with Crippen LogP contribution in [0, 0.1) is 17.8 Å². The minimum atomic E-state index is 0.0997. The highest BCUT2D eigenvalue weighted by Crippen LogP contribution is 2.30. The Balaban J connectivity index is 2.00. The van der Waals surface area contributed by atoms with Crippen molar-refractivity contribution in [1.29, 1.82) is 0 Å². The minimum absolute atomic E-state index is 0.0997. The summed E-state index contributed by atoms with van der Waals surface area (Å²) < 4.78 is 0. The van der Waals surface area contributed by atoms with Gasteiger partial charge in [0, 0.05) is 13.6 Å². The third-order valence-corrected chi connectivity index (χ3v) is 3.69. The summed E-state index contributed by atoms with van der Waals surface area (Å²) in [5.41, 5.74) is 5.31. The fraction of sp³-hybridized carbons (Fsp3) is 0.462. The van der Waals surface area contributed by atoms with E-state index in [4.69, 9.17) is 5.73 Å². The third-order valence-electron chi connectivity index (χ3n) is 2.71. The first kappa shape index (κ1) is 12.2. The molecule has 0 saturated heterocycles. The van der Waals surface area contributed by atoms with Crippen molar-refractivity contribution in [1.82, 2.24) is 4.90 Å². The van der Waals surface area contributed by atoms with Crippen molar-refractivity contribution >= 4 is 17.2 Å². The van der Waals surface area contributed by atoms with Gasteiger partial charge in [-0.3, -0.25) is 4.79 Å². The molecule has 0 unspecified atom stereocenters. The van der Waals surface area contributed by atoms with E-state index >= 15 is 0 Å². The van der Waals surface area contributed by atoms with Gasteiger partial charge in [0.05, 0.1) is 16.3 Å². The lowest BCUT2D eigenvalue weighted by Crippen LogP contribution is -2.27. The Morgan fingerprint density at radius 1 is 1.59 bits per heavy atom. The molecule has 17 heavy (non-hydrogen) atoms. The van der Waals surface area contributed by atoms with E-state index in [2.05, 4.69) is 11.8 Å². The lowest BCUT2D eigenvalue weighted by atomic mass is 10.3. The van der Waals surface area contributed by atoms with Crippen molar-refractivity contribution < 1.29 is 4.79 Å². The van der Waals surface area contributed by atoms with Gasteiger partial charge in [-0.25, -0.2) is 0 Å². The summed E-state index contributed by atoms with van der Waals surface area (Å²) in [5.74, 6) is 6.56. The first-order valence-electron chi connectivity index (χ1n) is 5.75. The maximum Gasteiger partial charge on any atom is 0.263 e. The standard InChI is InChI=1S/C13H16N2OS/c1-15(9-10-4-5-10)13(16)12-7-6-11(17-12)3-2-8-14/h6-7,10H,4-5,8-9,14H2,1H3. The zero-order valence-electron chi connectivity index (χ0n) is 9.90. The molecule has 0 spiro atoms. The molecule has 1 aliphatic carbocycles. The Morgan fingerprint density at radius 3 is 3.00 bits per heavy atom. The van der Waals surface area contributed by atoms with Crippen LogP contribution in [0.25, 0.3) is 0 Å². The van der Waals surface area contributed by atoms with Crippen molar-refractivity contribution in [3.63, 3.8) is 0 Å². The smallest absolute Gasteiger partial charge is 0.263 e. The molecule has 0 bridgehead atoms. The van der Waals surface area contributed by atoms with Gasteiger partial charge in [0.15, 0.2) is 0 Å². The molecule has 0 atom stereocenters. The molecule has 1 saturated carbocycles. The molecule has 0 radical (unpaired) electrons. The number of nitrogens with two attached hydrogens (primary N) is 1. The summed E-state index contributed by atoms with van der Waals surface area (Å²) in [6.07, 6.45) is 2.52. The van der Waals surface area contributed by atoms with E-state index < -0.39 is 0 Å². The maximum absolute atomic E-state index is 12.1. The van der Waals surface area contributed by atoms with Crippen molar-refractivity contribution in [2.24, 2.45) is 11.7 Å². The largest absolute Gasteiger partial charge is 0.341 e. The van der Waals surface area contributed by atoms with Crippen LogP contribution in [-0.4, -0.2) is 30.9 Å². The summed E-state index contributed by atoms with van der Waals surface area (Å²) in [4.78, 5) is 15.5. The van der Waals surface area contributed by atoms with Gasteiger partial charge in [-0.1, -0.05) is 11.8 Å². The Hall–Kier alpha value is -1.31. The molecule has 2 rings (SSSR count). The van der Waals surface area contributed by atoms with Gasteiger partial charge < -0.3 is 10.6 Å². The first-order chi connectivity index (χ1) is 8.20. The number of carbonyl (C=O) groups excluding carboxylic acids is 1. The second-order valence-corrected chi connectivity index (χ2v) is 5.38. The molecule has 1 aromatic heterocycles. The van der Waals surface area contributed by atoms with Crippen LogP contribution in [-0.2, 0) is 0 Å². The van der Waals surface area contributed by atoms with Crippen LogP contribution in [0.1, 0.15) is 27.4 Å². The van der Waals surface area contributed by atoms with E-state index in [1.807, 2.05) is 24.1 Å². The Kier molecular flexibility index (Phi) is 3.82. The number of carbonyl (C=O) groups is 1. The van der Waals surface area contributed by atoms with Gasteiger partial charge in [0.1, 0.15) is 0 Å². The van der Waals surface area contributed by atoms with E-state index in [1.165, 1.54) is 24.2 Å². The van der Waals surface area contributed by atoms with Gasteiger partial charge in [-0.2, -0.15) is 0 Å². The molecule has 0 aromatic carbocycles. The summed E-state index contributed by atoms with van der Waals surface area (Å²) in [6, 6.07) is 3.72. The zero-order valence-corrected chi connectivity index (χ0v) is 10.7. The van der Waals surface area contributed by atoms with Crippen molar-refractivity contribution in [3.8, 4) is 11.8 Å². The highest BCUT2D eigenvalue weighted by molar-refractivity contribution is 7.14. The molecular formula is C13H16N2OS. The number of hydrogen-bond donors (Lipinski definition) is 1. The average molecular weight is 248 g/mol. The average Bonchev–Trinajstić information content (AvgIpc) is 3.01. The van der Waals surface area contributed by atoms with E-state index in [-0.39, 0.29) is 5.91 Å².